The monoisotopic (exact) mass is 219 g/mol. The molecule has 6 nitrogen and oxygen atoms in total. The zero-order valence-electron chi connectivity index (χ0n) is 7.93. The van der Waals surface area contributed by atoms with E-state index in [2.05, 4.69) is 10.1 Å². The normalized spacial score (nSPS) is 11.9. The van der Waals surface area contributed by atoms with Crippen LogP contribution in [0.1, 0.15) is 18.1 Å². The zero-order valence-corrected chi connectivity index (χ0v) is 8.75. The quantitative estimate of drug-likeness (QED) is 0.717. The Kier molecular flexibility index (Phi) is 3.59. The summed E-state index contributed by atoms with van der Waals surface area (Å²) in [6.45, 7) is 0.552. The first-order valence-electron chi connectivity index (χ1n) is 4.20. The second kappa shape index (κ2) is 4.52. The molecule has 0 atom stereocenters. The zero-order chi connectivity index (χ0) is 10.6. The largest absolute Gasteiger partial charge is 0.338 e. The van der Waals surface area contributed by atoms with Crippen molar-refractivity contribution < 1.29 is 12.9 Å². The molecule has 1 rings (SSSR count). The van der Waals surface area contributed by atoms with Gasteiger partial charge in [0.25, 0.3) is 0 Å². The van der Waals surface area contributed by atoms with Crippen molar-refractivity contribution in [2.24, 2.45) is 5.73 Å². The molecule has 14 heavy (non-hydrogen) atoms. The van der Waals surface area contributed by atoms with Gasteiger partial charge in [-0.25, -0.2) is 8.42 Å². The third kappa shape index (κ3) is 3.84. The van der Waals surface area contributed by atoms with E-state index in [-0.39, 0.29) is 11.6 Å². The Bertz CT molecular complexity index is 385. The van der Waals surface area contributed by atoms with Crippen LogP contribution >= 0.6 is 0 Å². The molecule has 2 N–H and O–H groups in total. The highest BCUT2D eigenvalue weighted by Gasteiger charge is 2.11. The van der Waals surface area contributed by atoms with Crippen molar-refractivity contribution in [2.45, 2.75) is 18.6 Å². The predicted molar refractivity (Wildman–Crippen MR) is 50.2 cm³/mol. The van der Waals surface area contributed by atoms with Crippen LogP contribution in [0.2, 0.25) is 0 Å². The molecular weight excluding hydrogens is 206 g/mol. The van der Waals surface area contributed by atoms with E-state index in [1.54, 1.807) is 0 Å². The molecule has 1 heterocycles. The van der Waals surface area contributed by atoms with Crippen LogP contribution in [-0.4, -0.2) is 31.4 Å². The first-order chi connectivity index (χ1) is 6.51. The molecule has 0 amide bonds. The highest BCUT2D eigenvalue weighted by Crippen LogP contribution is 2.03. The van der Waals surface area contributed by atoms with Gasteiger partial charge in [0.1, 0.15) is 5.75 Å². The van der Waals surface area contributed by atoms with Crippen molar-refractivity contribution in [3.63, 3.8) is 0 Å². The molecule has 0 aliphatic rings. The summed E-state index contributed by atoms with van der Waals surface area (Å²) in [5, 5.41) is 3.63. The van der Waals surface area contributed by atoms with E-state index in [9.17, 15) is 8.42 Å². The van der Waals surface area contributed by atoms with Crippen LogP contribution in [0.4, 0.5) is 0 Å². The molecule has 0 radical (unpaired) electrons. The highest BCUT2D eigenvalue weighted by atomic mass is 32.2. The van der Waals surface area contributed by atoms with Gasteiger partial charge in [0.05, 0.1) is 0 Å². The van der Waals surface area contributed by atoms with Gasteiger partial charge >= 0.3 is 0 Å². The number of rotatable bonds is 5. The Morgan fingerprint density at radius 3 is 2.79 bits per heavy atom. The molecule has 0 aliphatic carbocycles. The highest BCUT2D eigenvalue weighted by molar-refractivity contribution is 7.89. The van der Waals surface area contributed by atoms with Crippen LogP contribution in [0.25, 0.3) is 0 Å². The Labute approximate surface area is 82.4 Å². The van der Waals surface area contributed by atoms with Gasteiger partial charge in [0.15, 0.2) is 15.7 Å². The van der Waals surface area contributed by atoms with E-state index >= 15 is 0 Å². The Morgan fingerprint density at radius 1 is 1.50 bits per heavy atom. The Hall–Kier alpha value is -0.950. The molecule has 0 saturated carbocycles. The number of aromatic nitrogens is 2. The first kappa shape index (κ1) is 11.1. The second-order valence-electron chi connectivity index (χ2n) is 3.07. The molecule has 0 aliphatic heterocycles. The van der Waals surface area contributed by atoms with Gasteiger partial charge in [-0.3, -0.25) is 0 Å². The molecule has 0 aromatic carbocycles. The molecule has 0 spiro atoms. The minimum atomic E-state index is -3.11. The summed E-state index contributed by atoms with van der Waals surface area (Å²) in [5.41, 5.74) is 5.30. The summed E-state index contributed by atoms with van der Waals surface area (Å²) < 4.78 is 26.5. The van der Waals surface area contributed by atoms with Crippen molar-refractivity contribution >= 4 is 9.84 Å². The average Bonchev–Trinajstić information content (AvgIpc) is 2.46. The lowest BCUT2D eigenvalue weighted by Gasteiger charge is -1.89. The molecule has 0 fully saturated rings. The van der Waals surface area contributed by atoms with E-state index in [1.165, 1.54) is 0 Å². The van der Waals surface area contributed by atoms with Crippen molar-refractivity contribution in [3.8, 4) is 0 Å². The van der Waals surface area contributed by atoms with Crippen molar-refractivity contribution in [1.82, 2.24) is 10.1 Å². The lowest BCUT2D eigenvalue weighted by Crippen LogP contribution is -2.02. The predicted octanol–water partition coefficient (Wildman–Crippen LogP) is -0.494. The van der Waals surface area contributed by atoms with E-state index in [1.807, 2.05) is 0 Å². The van der Waals surface area contributed by atoms with Crippen LogP contribution in [0.15, 0.2) is 4.52 Å². The van der Waals surface area contributed by atoms with Crippen LogP contribution in [0.3, 0.4) is 0 Å². The topological polar surface area (TPSA) is 99.1 Å². The number of sulfone groups is 1. The van der Waals surface area contributed by atoms with E-state index in [0.717, 1.165) is 12.7 Å². The van der Waals surface area contributed by atoms with E-state index in [0.29, 0.717) is 18.8 Å². The minimum Gasteiger partial charge on any atom is -0.338 e. The fourth-order valence-corrected chi connectivity index (χ4v) is 1.50. The molecular formula is C7H13N3O3S. The fourth-order valence-electron chi connectivity index (χ4n) is 0.935. The fraction of sp³-hybridized carbons (Fsp3) is 0.714. The van der Waals surface area contributed by atoms with Crippen molar-refractivity contribution in [2.75, 3.05) is 12.8 Å². The maximum absolute atomic E-state index is 10.9. The van der Waals surface area contributed by atoms with Crippen LogP contribution < -0.4 is 5.73 Å². The average molecular weight is 219 g/mol. The summed E-state index contributed by atoms with van der Waals surface area (Å²) in [6, 6.07) is 0. The molecule has 1 aromatic heterocycles. The van der Waals surface area contributed by atoms with Gasteiger partial charge in [0.2, 0.25) is 5.89 Å². The summed E-state index contributed by atoms with van der Waals surface area (Å²) >= 11 is 0. The summed E-state index contributed by atoms with van der Waals surface area (Å²) in [6.07, 6.45) is 2.50. The standard InChI is InChI=1S/C7H13N3O3S/c1-14(11,12)5-7-9-6(10-13-7)3-2-4-8/h2-5,8H2,1H3. The van der Waals surface area contributed by atoms with Crippen LogP contribution in [0, 0.1) is 0 Å². The second-order valence-corrected chi connectivity index (χ2v) is 5.21. The van der Waals surface area contributed by atoms with Gasteiger partial charge < -0.3 is 10.3 Å². The molecule has 0 bridgehead atoms. The van der Waals surface area contributed by atoms with Gasteiger partial charge in [-0.2, -0.15) is 4.98 Å². The van der Waals surface area contributed by atoms with Crippen LogP contribution in [-0.2, 0) is 22.0 Å². The summed E-state index contributed by atoms with van der Waals surface area (Å²) in [4.78, 5) is 3.92. The van der Waals surface area contributed by atoms with Gasteiger partial charge in [0, 0.05) is 12.7 Å². The number of nitrogens with zero attached hydrogens (tertiary/aromatic N) is 2. The number of aryl methyl sites for hydroxylation is 1. The first-order valence-corrected chi connectivity index (χ1v) is 6.26. The lowest BCUT2D eigenvalue weighted by atomic mass is 10.3. The maximum Gasteiger partial charge on any atom is 0.241 e. The van der Waals surface area contributed by atoms with Crippen LogP contribution in [0.5, 0.6) is 0 Å². The number of hydrogen-bond acceptors (Lipinski definition) is 6. The smallest absolute Gasteiger partial charge is 0.241 e. The Balaban J connectivity index is 2.59. The molecule has 1 aromatic rings. The molecule has 0 unspecified atom stereocenters. The van der Waals surface area contributed by atoms with Gasteiger partial charge in [-0.1, -0.05) is 5.16 Å². The molecule has 0 saturated heterocycles. The number of hydrogen-bond donors (Lipinski definition) is 1. The third-order valence-corrected chi connectivity index (χ3v) is 2.27. The summed E-state index contributed by atoms with van der Waals surface area (Å²) in [5.74, 6) is 0.441. The SMILES string of the molecule is CS(=O)(=O)Cc1nc(CCCN)no1. The lowest BCUT2D eigenvalue weighted by molar-refractivity contribution is 0.382. The van der Waals surface area contributed by atoms with E-state index in [4.69, 9.17) is 10.3 Å². The van der Waals surface area contributed by atoms with Gasteiger partial charge in [-0.05, 0) is 13.0 Å². The number of nitrogens with two attached hydrogens (primary N) is 1. The van der Waals surface area contributed by atoms with Crippen molar-refractivity contribution in [1.29, 1.82) is 0 Å². The Morgan fingerprint density at radius 2 is 2.21 bits per heavy atom. The third-order valence-electron chi connectivity index (χ3n) is 1.50. The molecule has 80 valence electrons. The molecule has 7 heteroatoms. The van der Waals surface area contributed by atoms with Crippen molar-refractivity contribution in [3.05, 3.63) is 11.7 Å². The minimum absolute atomic E-state index is 0.138. The van der Waals surface area contributed by atoms with Gasteiger partial charge in [-0.15, -0.1) is 0 Å². The maximum atomic E-state index is 10.9. The van der Waals surface area contributed by atoms with E-state index < -0.39 is 9.84 Å². The summed E-state index contributed by atoms with van der Waals surface area (Å²) in [7, 11) is -3.11.